The molecule has 0 spiro atoms. The lowest BCUT2D eigenvalue weighted by molar-refractivity contribution is -0.157. The van der Waals surface area contributed by atoms with Gasteiger partial charge in [0.25, 0.3) is 0 Å². The van der Waals surface area contributed by atoms with Gasteiger partial charge in [0.15, 0.2) is 0 Å². The molecule has 0 heterocycles. The van der Waals surface area contributed by atoms with Crippen molar-refractivity contribution in [2.24, 2.45) is 10.8 Å². The van der Waals surface area contributed by atoms with Crippen LogP contribution in [0.2, 0.25) is 5.02 Å². The standard InChI is InChI=1S/C25H38ClN3O5/c1-16(28-22(32)34-23(2,3)4)20(30)33-17-12-24(5,6)14-25(7,13-17)15-27-21(31)29-19-11-9-8-10-18(19)26/h8-11,16-17H,12-15H2,1-7H3,(H,28,32)(H2,27,29,31)/t16-,17?,25?/m0/s1. The zero-order valence-electron chi connectivity index (χ0n) is 21.2. The van der Waals surface area contributed by atoms with Crippen LogP contribution in [-0.2, 0) is 14.3 Å². The van der Waals surface area contributed by atoms with E-state index in [1.54, 1.807) is 52.0 Å². The smallest absolute Gasteiger partial charge is 0.408 e. The summed E-state index contributed by atoms with van der Waals surface area (Å²) >= 11 is 6.11. The first-order valence-electron chi connectivity index (χ1n) is 11.6. The summed E-state index contributed by atoms with van der Waals surface area (Å²) in [7, 11) is 0. The van der Waals surface area contributed by atoms with Gasteiger partial charge in [0, 0.05) is 6.54 Å². The van der Waals surface area contributed by atoms with Crippen LogP contribution >= 0.6 is 11.6 Å². The Labute approximate surface area is 207 Å². The number of urea groups is 1. The molecule has 8 nitrogen and oxygen atoms in total. The van der Waals surface area contributed by atoms with E-state index in [4.69, 9.17) is 21.1 Å². The Balaban J connectivity index is 1.94. The molecule has 0 saturated heterocycles. The molecule has 1 aliphatic rings. The lowest BCUT2D eigenvalue weighted by atomic mass is 9.63. The van der Waals surface area contributed by atoms with Gasteiger partial charge in [0.2, 0.25) is 0 Å². The summed E-state index contributed by atoms with van der Waals surface area (Å²) in [6, 6.07) is 5.84. The fourth-order valence-corrected chi connectivity index (χ4v) is 4.77. The lowest BCUT2D eigenvalue weighted by Crippen LogP contribution is -2.48. The van der Waals surface area contributed by atoms with E-state index in [2.05, 4.69) is 36.7 Å². The quantitative estimate of drug-likeness (QED) is 0.451. The molecule has 1 saturated carbocycles. The molecule has 1 aliphatic carbocycles. The van der Waals surface area contributed by atoms with Crippen molar-refractivity contribution in [3.05, 3.63) is 29.3 Å². The maximum atomic E-state index is 12.7. The Morgan fingerprint density at radius 3 is 2.41 bits per heavy atom. The number of carbonyl (C=O) groups excluding carboxylic acids is 3. The van der Waals surface area contributed by atoms with Crippen LogP contribution in [0.4, 0.5) is 15.3 Å². The minimum atomic E-state index is -0.842. The Hall–Kier alpha value is -2.48. The minimum absolute atomic E-state index is 0.0966. The van der Waals surface area contributed by atoms with Crippen LogP contribution in [0.3, 0.4) is 0 Å². The Morgan fingerprint density at radius 2 is 1.79 bits per heavy atom. The number of esters is 1. The SMILES string of the molecule is C[C@H](NC(=O)OC(C)(C)C)C(=O)OC1CC(C)(C)CC(C)(CNC(=O)Nc2ccccc2Cl)C1. The predicted molar refractivity (Wildman–Crippen MR) is 133 cm³/mol. The zero-order chi connectivity index (χ0) is 25.7. The van der Waals surface area contributed by atoms with Crippen molar-refractivity contribution in [1.29, 1.82) is 0 Å². The molecule has 34 heavy (non-hydrogen) atoms. The highest BCUT2D eigenvalue weighted by Crippen LogP contribution is 2.46. The number of para-hydroxylation sites is 1. The third kappa shape index (κ3) is 9.05. The summed E-state index contributed by atoms with van der Waals surface area (Å²) in [6.45, 7) is 13.6. The maximum absolute atomic E-state index is 12.7. The van der Waals surface area contributed by atoms with Crippen molar-refractivity contribution < 1.29 is 23.9 Å². The van der Waals surface area contributed by atoms with Gasteiger partial charge in [-0.1, -0.05) is 44.5 Å². The van der Waals surface area contributed by atoms with Gasteiger partial charge in [-0.25, -0.2) is 14.4 Å². The summed E-state index contributed by atoms with van der Waals surface area (Å²) in [4.78, 5) is 37.1. The normalized spacial score (nSPS) is 22.8. The largest absolute Gasteiger partial charge is 0.461 e. The van der Waals surface area contributed by atoms with E-state index in [-0.39, 0.29) is 23.0 Å². The van der Waals surface area contributed by atoms with Gasteiger partial charge in [-0.05, 0) is 69.9 Å². The number of benzene rings is 1. The van der Waals surface area contributed by atoms with Gasteiger partial charge in [0.1, 0.15) is 17.7 Å². The van der Waals surface area contributed by atoms with Gasteiger partial charge in [-0.2, -0.15) is 0 Å². The van der Waals surface area contributed by atoms with Crippen LogP contribution in [-0.4, -0.2) is 42.4 Å². The number of carbonyl (C=O) groups is 3. The third-order valence-corrected chi connectivity index (χ3v) is 5.90. The van der Waals surface area contributed by atoms with Gasteiger partial charge in [-0.15, -0.1) is 0 Å². The fourth-order valence-electron chi connectivity index (χ4n) is 4.59. The summed E-state index contributed by atoms with van der Waals surface area (Å²) in [5, 5.41) is 8.67. The van der Waals surface area contributed by atoms with Crippen LogP contribution < -0.4 is 16.0 Å². The van der Waals surface area contributed by atoms with Gasteiger partial charge < -0.3 is 25.4 Å². The Bertz CT molecular complexity index is 899. The first-order chi connectivity index (χ1) is 15.6. The van der Waals surface area contributed by atoms with Crippen LogP contribution in [0.25, 0.3) is 0 Å². The zero-order valence-corrected chi connectivity index (χ0v) is 22.0. The second kappa shape index (κ2) is 10.8. The van der Waals surface area contributed by atoms with E-state index in [0.29, 0.717) is 30.1 Å². The van der Waals surface area contributed by atoms with Crippen LogP contribution in [0.5, 0.6) is 0 Å². The first-order valence-corrected chi connectivity index (χ1v) is 11.9. The lowest BCUT2D eigenvalue weighted by Gasteiger charge is -2.46. The number of hydrogen-bond acceptors (Lipinski definition) is 5. The molecule has 0 aromatic heterocycles. The minimum Gasteiger partial charge on any atom is -0.461 e. The Kier molecular flexibility index (Phi) is 8.86. The average Bonchev–Trinajstić information content (AvgIpc) is 2.65. The van der Waals surface area contributed by atoms with Crippen molar-refractivity contribution in [2.75, 3.05) is 11.9 Å². The fraction of sp³-hybridized carbons (Fsp3) is 0.640. The van der Waals surface area contributed by atoms with Crippen molar-refractivity contribution in [3.63, 3.8) is 0 Å². The van der Waals surface area contributed by atoms with Crippen LogP contribution in [0.15, 0.2) is 24.3 Å². The molecule has 0 aliphatic heterocycles. The summed E-state index contributed by atoms with van der Waals surface area (Å²) in [5.41, 5.74) is -0.504. The Morgan fingerprint density at radius 1 is 1.15 bits per heavy atom. The summed E-state index contributed by atoms with van der Waals surface area (Å²) in [6.07, 6.45) is 1.14. The van der Waals surface area contributed by atoms with Crippen LogP contribution in [0.1, 0.15) is 67.7 Å². The number of rotatable bonds is 6. The van der Waals surface area contributed by atoms with Crippen molar-refractivity contribution in [2.45, 2.75) is 85.5 Å². The van der Waals surface area contributed by atoms with E-state index >= 15 is 0 Å². The van der Waals surface area contributed by atoms with E-state index in [9.17, 15) is 14.4 Å². The number of hydrogen-bond donors (Lipinski definition) is 3. The number of alkyl carbamates (subject to hydrolysis) is 1. The highest BCUT2D eigenvalue weighted by molar-refractivity contribution is 6.33. The molecule has 2 unspecified atom stereocenters. The van der Waals surface area contributed by atoms with Gasteiger partial charge >= 0.3 is 18.1 Å². The molecule has 0 radical (unpaired) electrons. The van der Waals surface area contributed by atoms with E-state index in [1.807, 2.05) is 0 Å². The molecule has 0 bridgehead atoms. The number of halogens is 1. The number of amides is 3. The molecular formula is C25H38ClN3O5. The van der Waals surface area contributed by atoms with Gasteiger partial charge in [-0.3, -0.25) is 0 Å². The van der Waals surface area contributed by atoms with E-state index in [1.165, 1.54) is 0 Å². The molecule has 3 N–H and O–H groups in total. The number of nitrogens with one attached hydrogen (secondary N) is 3. The van der Waals surface area contributed by atoms with E-state index < -0.39 is 23.7 Å². The first kappa shape index (κ1) is 27.8. The van der Waals surface area contributed by atoms with Crippen molar-refractivity contribution in [3.8, 4) is 0 Å². The summed E-state index contributed by atoms with van der Waals surface area (Å²) in [5.74, 6) is -0.514. The molecule has 3 amide bonds. The van der Waals surface area contributed by atoms with Crippen molar-refractivity contribution in [1.82, 2.24) is 10.6 Å². The topological polar surface area (TPSA) is 106 Å². The third-order valence-electron chi connectivity index (χ3n) is 5.57. The highest BCUT2D eigenvalue weighted by atomic mass is 35.5. The molecule has 1 aromatic carbocycles. The molecule has 9 heteroatoms. The predicted octanol–water partition coefficient (Wildman–Crippen LogP) is 5.50. The molecule has 1 fully saturated rings. The summed E-state index contributed by atoms with van der Waals surface area (Å²) < 4.78 is 11.0. The average molecular weight is 496 g/mol. The highest BCUT2D eigenvalue weighted by Gasteiger charge is 2.43. The molecule has 2 rings (SSSR count). The second-order valence-electron chi connectivity index (χ2n) is 11.3. The molecule has 190 valence electrons. The number of ether oxygens (including phenoxy) is 2. The molecule has 1 aromatic rings. The maximum Gasteiger partial charge on any atom is 0.408 e. The van der Waals surface area contributed by atoms with Crippen LogP contribution in [0, 0.1) is 10.8 Å². The molecule has 3 atom stereocenters. The van der Waals surface area contributed by atoms with Gasteiger partial charge in [0.05, 0.1) is 10.7 Å². The van der Waals surface area contributed by atoms with E-state index in [0.717, 1.165) is 6.42 Å². The number of anilines is 1. The molecular weight excluding hydrogens is 458 g/mol. The second-order valence-corrected chi connectivity index (χ2v) is 11.7. The monoisotopic (exact) mass is 495 g/mol. The van der Waals surface area contributed by atoms with Crippen molar-refractivity contribution >= 4 is 35.4 Å².